The second kappa shape index (κ2) is 8.58. The Balaban J connectivity index is 3.63. The first kappa shape index (κ1) is 15.4. The van der Waals surface area contributed by atoms with Crippen LogP contribution < -0.4 is 0 Å². The molecule has 2 heteroatoms. The summed E-state index contributed by atoms with van der Waals surface area (Å²) in [6, 6.07) is 0. The topological polar surface area (TPSA) is 9.23 Å². The molecule has 0 aromatic heterocycles. The van der Waals surface area contributed by atoms with Crippen LogP contribution in [0.1, 0.15) is 53.4 Å². The molecule has 0 aromatic carbocycles. The van der Waals surface area contributed by atoms with Gasteiger partial charge in [-0.15, -0.1) is 0 Å². The Morgan fingerprint density at radius 1 is 1.20 bits per heavy atom. The molecule has 0 aliphatic carbocycles. The molecule has 0 N–H and O–H groups in total. The second-order valence-corrected chi connectivity index (χ2v) is 5.49. The van der Waals surface area contributed by atoms with Gasteiger partial charge in [-0.1, -0.05) is 43.6 Å². The molecule has 0 amide bonds. The Bertz CT molecular complexity index is 133. The van der Waals surface area contributed by atoms with Crippen LogP contribution in [-0.2, 0) is 4.74 Å². The van der Waals surface area contributed by atoms with E-state index in [0.717, 1.165) is 24.5 Å². The van der Waals surface area contributed by atoms with E-state index in [4.69, 9.17) is 4.74 Å². The van der Waals surface area contributed by atoms with Crippen molar-refractivity contribution in [2.45, 2.75) is 53.4 Å². The molecule has 0 spiro atoms. The molecule has 0 aromatic rings. The van der Waals surface area contributed by atoms with Crippen molar-refractivity contribution < 1.29 is 4.74 Å². The van der Waals surface area contributed by atoms with Gasteiger partial charge in [0, 0.05) is 17.4 Å². The number of hydrogen-bond acceptors (Lipinski definition) is 1. The molecule has 0 saturated carbocycles. The van der Waals surface area contributed by atoms with E-state index in [-0.39, 0.29) is 0 Å². The lowest BCUT2D eigenvalue weighted by molar-refractivity contribution is 0.0485. The van der Waals surface area contributed by atoms with Gasteiger partial charge in [0.25, 0.3) is 0 Å². The predicted octanol–water partition coefficient (Wildman–Crippen LogP) is 4.64. The fourth-order valence-corrected chi connectivity index (χ4v) is 2.52. The van der Waals surface area contributed by atoms with Gasteiger partial charge in [-0.05, 0) is 31.6 Å². The molecule has 0 saturated heterocycles. The van der Waals surface area contributed by atoms with Gasteiger partial charge in [0.1, 0.15) is 0 Å². The molecule has 0 unspecified atom stereocenters. The Hall–Kier alpha value is 0.440. The molecule has 1 nitrogen and oxygen atoms in total. The Kier molecular flexibility index (Phi) is 8.83. The van der Waals surface area contributed by atoms with Gasteiger partial charge in [0.05, 0.1) is 6.61 Å². The summed E-state index contributed by atoms with van der Waals surface area (Å²) in [5.41, 5.74) is 0.359. The minimum Gasteiger partial charge on any atom is -0.381 e. The van der Waals surface area contributed by atoms with Gasteiger partial charge in [-0.3, -0.25) is 0 Å². The minimum absolute atomic E-state index is 0.359. The van der Waals surface area contributed by atoms with Crippen LogP contribution in [0, 0.1) is 11.3 Å². The summed E-state index contributed by atoms with van der Waals surface area (Å²) in [5.74, 6) is 0.798. The van der Waals surface area contributed by atoms with Crippen LogP contribution in [-0.4, -0.2) is 18.5 Å². The first-order valence-electron chi connectivity index (χ1n) is 6.24. The van der Waals surface area contributed by atoms with E-state index in [2.05, 4.69) is 43.6 Å². The van der Waals surface area contributed by atoms with Gasteiger partial charge in [0.15, 0.2) is 0 Å². The maximum absolute atomic E-state index is 5.79. The van der Waals surface area contributed by atoms with E-state index in [1.54, 1.807) is 0 Å². The van der Waals surface area contributed by atoms with E-state index < -0.39 is 0 Å². The fourth-order valence-electron chi connectivity index (χ4n) is 1.56. The lowest BCUT2D eigenvalue weighted by Crippen LogP contribution is -2.27. The average molecular weight is 279 g/mol. The molecular formula is C13H27BrO. The van der Waals surface area contributed by atoms with Crippen molar-refractivity contribution in [3.63, 3.8) is 0 Å². The summed E-state index contributed by atoms with van der Waals surface area (Å²) in [5, 5.41) is 1.05. The molecule has 92 valence electrons. The van der Waals surface area contributed by atoms with Crippen LogP contribution in [0.5, 0.6) is 0 Å². The first-order valence-corrected chi connectivity index (χ1v) is 7.36. The summed E-state index contributed by atoms with van der Waals surface area (Å²) in [7, 11) is 0. The SMILES string of the molecule is CCC(CC)(CBr)COCCCC(C)C. The monoisotopic (exact) mass is 278 g/mol. The fraction of sp³-hybridized carbons (Fsp3) is 1.00. The zero-order valence-corrected chi connectivity index (χ0v) is 12.4. The highest BCUT2D eigenvalue weighted by Gasteiger charge is 2.24. The molecule has 0 atom stereocenters. The van der Waals surface area contributed by atoms with E-state index in [0.29, 0.717) is 5.41 Å². The number of rotatable bonds is 9. The van der Waals surface area contributed by atoms with E-state index in [9.17, 15) is 0 Å². The van der Waals surface area contributed by atoms with Crippen molar-refractivity contribution >= 4 is 15.9 Å². The van der Waals surface area contributed by atoms with Crippen molar-refractivity contribution in [3.05, 3.63) is 0 Å². The highest BCUT2D eigenvalue weighted by atomic mass is 79.9. The zero-order chi connectivity index (χ0) is 11.7. The smallest absolute Gasteiger partial charge is 0.0530 e. The Morgan fingerprint density at radius 2 is 1.80 bits per heavy atom. The van der Waals surface area contributed by atoms with Gasteiger partial charge < -0.3 is 4.74 Å². The maximum Gasteiger partial charge on any atom is 0.0530 e. The summed E-state index contributed by atoms with van der Waals surface area (Å²) in [6.07, 6.45) is 4.86. The summed E-state index contributed by atoms with van der Waals surface area (Å²) in [4.78, 5) is 0. The second-order valence-electron chi connectivity index (χ2n) is 4.93. The van der Waals surface area contributed by atoms with Gasteiger partial charge >= 0.3 is 0 Å². The number of alkyl halides is 1. The number of ether oxygens (including phenoxy) is 1. The van der Waals surface area contributed by atoms with Crippen molar-refractivity contribution in [1.82, 2.24) is 0 Å². The number of hydrogen-bond donors (Lipinski definition) is 0. The van der Waals surface area contributed by atoms with Gasteiger partial charge in [-0.25, -0.2) is 0 Å². The molecule has 0 fully saturated rings. The van der Waals surface area contributed by atoms with Crippen LogP contribution in [0.15, 0.2) is 0 Å². The molecule has 0 bridgehead atoms. The first-order chi connectivity index (χ1) is 7.10. The quantitative estimate of drug-likeness (QED) is 0.441. The Labute approximate surface area is 104 Å². The zero-order valence-electron chi connectivity index (χ0n) is 10.8. The van der Waals surface area contributed by atoms with E-state index in [1.807, 2.05) is 0 Å². The minimum atomic E-state index is 0.359. The third kappa shape index (κ3) is 6.57. The largest absolute Gasteiger partial charge is 0.381 e. The van der Waals surface area contributed by atoms with Gasteiger partial charge in [0.2, 0.25) is 0 Å². The molecule has 15 heavy (non-hydrogen) atoms. The average Bonchev–Trinajstić information content (AvgIpc) is 2.24. The predicted molar refractivity (Wildman–Crippen MR) is 71.7 cm³/mol. The molecule has 0 rings (SSSR count). The van der Waals surface area contributed by atoms with Crippen molar-refractivity contribution in [2.75, 3.05) is 18.5 Å². The highest BCUT2D eigenvalue weighted by Crippen LogP contribution is 2.29. The molecule has 0 aliphatic rings. The van der Waals surface area contributed by atoms with Crippen LogP contribution >= 0.6 is 15.9 Å². The van der Waals surface area contributed by atoms with Crippen LogP contribution in [0.4, 0.5) is 0 Å². The Morgan fingerprint density at radius 3 is 2.20 bits per heavy atom. The van der Waals surface area contributed by atoms with E-state index >= 15 is 0 Å². The lowest BCUT2D eigenvalue weighted by atomic mass is 9.86. The summed E-state index contributed by atoms with van der Waals surface area (Å²) < 4.78 is 5.79. The normalized spacial score (nSPS) is 12.4. The highest BCUT2D eigenvalue weighted by molar-refractivity contribution is 9.09. The third-order valence-corrected chi connectivity index (χ3v) is 4.45. The van der Waals surface area contributed by atoms with Crippen LogP contribution in [0.25, 0.3) is 0 Å². The standard InChI is InChI=1S/C13H27BrO/c1-5-13(6-2,10-14)11-15-9-7-8-12(3)4/h12H,5-11H2,1-4H3. The summed E-state index contributed by atoms with van der Waals surface area (Å²) in [6.45, 7) is 10.9. The molecule has 0 aliphatic heterocycles. The van der Waals surface area contributed by atoms with Crippen LogP contribution in [0.2, 0.25) is 0 Å². The van der Waals surface area contributed by atoms with Crippen molar-refractivity contribution in [1.29, 1.82) is 0 Å². The van der Waals surface area contributed by atoms with Crippen molar-refractivity contribution in [3.8, 4) is 0 Å². The number of halogens is 1. The summed E-state index contributed by atoms with van der Waals surface area (Å²) >= 11 is 3.61. The van der Waals surface area contributed by atoms with Gasteiger partial charge in [-0.2, -0.15) is 0 Å². The van der Waals surface area contributed by atoms with Crippen molar-refractivity contribution in [2.24, 2.45) is 11.3 Å². The lowest BCUT2D eigenvalue weighted by Gasteiger charge is -2.29. The van der Waals surface area contributed by atoms with E-state index in [1.165, 1.54) is 25.7 Å². The molecular weight excluding hydrogens is 252 g/mol. The molecule has 0 radical (unpaired) electrons. The maximum atomic E-state index is 5.79. The third-order valence-electron chi connectivity index (χ3n) is 3.26. The molecule has 0 heterocycles. The van der Waals surface area contributed by atoms with Crippen LogP contribution in [0.3, 0.4) is 0 Å².